The molecular weight excluding hydrogens is 264 g/mol. The number of benzene rings is 1. The van der Waals surface area contributed by atoms with Crippen LogP contribution >= 0.6 is 0 Å². The van der Waals surface area contributed by atoms with Crippen molar-refractivity contribution < 1.29 is 9.53 Å². The van der Waals surface area contributed by atoms with Gasteiger partial charge in [0.25, 0.3) is 5.91 Å². The fraction of sp³-hybridized carbons (Fsp3) is 0.294. The summed E-state index contributed by atoms with van der Waals surface area (Å²) in [6.07, 6.45) is 4.20. The highest BCUT2D eigenvalue weighted by Gasteiger charge is 2.06. The molecule has 0 aliphatic carbocycles. The van der Waals surface area contributed by atoms with Gasteiger partial charge in [-0.2, -0.15) is 0 Å². The number of carbonyl (C=O) groups is 1. The first kappa shape index (κ1) is 15.0. The van der Waals surface area contributed by atoms with Gasteiger partial charge in [0.05, 0.1) is 12.2 Å². The van der Waals surface area contributed by atoms with Gasteiger partial charge in [0.2, 0.25) is 0 Å². The van der Waals surface area contributed by atoms with E-state index in [1.165, 1.54) is 0 Å². The topological polar surface area (TPSA) is 51.2 Å². The summed E-state index contributed by atoms with van der Waals surface area (Å²) in [5, 5.41) is 2.90. The van der Waals surface area contributed by atoms with E-state index in [0.29, 0.717) is 12.1 Å². The van der Waals surface area contributed by atoms with Crippen molar-refractivity contribution in [2.45, 2.75) is 26.8 Å². The molecular formula is C17H20N2O2. The van der Waals surface area contributed by atoms with Crippen molar-refractivity contribution in [2.24, 2.45) is 0 Å². The Morgan fingerprint density at radius 1 is 1.33 bits per heavy atom. The predicted molar refractivity (Wildman–Crippen MR) is 82.4 cm³/mol. The maximum absolute atomic E-state index is 12.0. The van der Waals surface area contributed by atoms with Crippen molar-refractivity contribution in [2.75, 3.05) is 6.61 Å². The average Bonchev–Trinajstić information content (AvgIpc) is 2.52. The molecule has 0 saturated heterocycles. The van der Waals surface area contributed by atoms with Crippen molar-refractivity contribution in [3.63, 3.8) is 0 Å². The molecule has 1 N–H and O–H groups in total. The molecule has 0 aliphatic heterocycles. The lowest BCUT2D eigenvalue weighted by Gasteiger charge is -2.10. The maximum atomic E-state index is 12.0. The third-order valence-electron chi connectivity index (χ3n) is 3.15. The smallest absolute Gasteiger partial charge is 0.253 e. The van der Waals surface area contributed by atoms with E-state index in [0.717, 1.165) is 29.9 Å². The zero-order chi connectivity index (χ0) is 15.1. The first-order valence-corrected chi connectivity index (χ1v) is 7.11. The Labute approximate surface area is 125 Å². The molecule has 0 aliphatic rings. The number of hydrogen-bond donors (Lipinski definition) is 1. The molecule has 4 nitrogen and oxygen atoms in total. The van der Waals surface area contributed by atoms with E-state index in [1.54, 1.807) is 24.5 Å². The number of ether oxygens (including phenoxy) is 1. The summed E-state index contributed by atoms with van der Waals surface area (Å²) in [5.74, 6) is 0.755. The number of aryl methyl sites for hydroxylation is 1. The normalized spacial score (nSPS) is 10.2. The minimum atomic E-state index is -0.117. The van der Waals surface area contributed by atoms with Gasteiger partial charge in [-0.25, -0.2) is 0 Å². The van der Waals surface area contributed by atoms with Gasteiger partial charge in [0.15, 0.2) is 0 Å². The fourth-order valence-electron chi connectivity index (χ4n) is 1.95. The summed E-state index contributed by atoms with van der Waals surface area (Å²) >= 11 is 0. The highest BCUT2D eigenvalue weighted by Crippen LogP contribution is 2.17. The van der Waals surface area contributed by atoms with Crippen LogP contribution in [0.15, 0.2) is 42.7 Å². The van der Waals surface area contributed by atoms with Crippen LogP contribution in [0.4, 0.5) is 0 Å². The van der Waals surface area contributed by atoms with Crippen molar-refractivity contribution in [1.29, 1.82) is 0 Å². The minimum Gasteiger partial charge on any atom is -0.494 e. The lowest BCUT2D eigenvalue weighted by atomic mass is 10.1. The second-order valence-electron chi connectivity index (χ2n) is 4.86. The van der Waals surface area contributed by atoms with E-state index in [4.69, 9.17) is 4.74 Å². The second kappa shape index (κ2) is 7.43. The van der Waals surface area contributed by atoms with Crippen LogP contribution in [0.5, 0.6) is 5.75 Å². The summed E-state index contributed by atoms with van der Waals surface area (Å²) in [6.45, 7) is 5.31. The number of aromatic nitrogens is 1. The Balaban J connectivity index is 1.95. The molecule has 0 bridgehead atoms. The van der Waals surface area contributed by atoms with Gasteiger partial charge >= 0.3 is 0 Å². The van der Waals surface area contributed by atoms with Gasteiger partial charge in [-0.1, -0.05) is 13.0 Å². The number of pyridine rings is 1. The molecule has 21 heavy (non-hydrogen) atoms. The standard InChI is InChI=1S/C17H20N2O2/c1-3-9-21-16-7-6-14(13(2)10-16)12-19-17(20)15-5-4-8-18-11-15/h4-8,10-11H,3,9,12H2,1-2H3,(H,19,20). The van der Waals surface area contributed by atoms with Gasteiger partial charge in [-0.3, -0.25) is 9.78 Å². The molecule has 0 atom stereocenters. The van der Waals surface area contributed by atoms with E-state index >= 15 is 0 Å². The molecule has 0 fully saturated rings. The summed E-state index contributed by atoms with van der Waals surface area (Å²) < 4.78 is 5.59. The lowest BCUT2D eigenvalue weighted by Crippen LogP contribution is -2.23. The Morgan fingerprint density at radius 3 is 2.86 bits per heavy atom. The summed E-state index contributed by atoms with van der Waals surface area (Å²) in [5.41, 5.74) is 2.75. The van der Waals surface area contributed by atoms with Crippen LogP contribution in [-0.2, 0) is 6.54 Å². The molecule has 1 aromatic carbocycles. The third-order valence-corrected chi connectivity index (χ3v) is 3.15. The number of amides is 1. The molecule has 1 amide bonds. The van der Waals surface area contributed by atoms with Gasteiger partial charge < -0.3 is 10.1 Å². The SMILES string of the molecule is CCCOc1ccc(CNC(=O)c2cccnc2)c(C)c1. The fourth-order valence-corrected chi connectivity index (χ4v) is 1.95. The number of carbonyl (C=O) groups excluding carboxylic acids is 1. The van der Waals surface area contributed by atoms with E-state index in [-0.39, 0.29) is 5.91 Å². The van der Waals surface area contributed by atoms with E-state index < -0.39 is 0 Å². The van der Waals surface area contributed by atoms with E-state index in [9.17, 15) is 4.79 Å². The number of nitrogens with one attached hydrogen (secondary N) is 1. The second-order valence-corrected chi connectivity index (χ2v) is 4.86. The summed E-state index contributed by atoms with van der Waals surface area (Å²) in [7, 11) is 0. The highest BCUT2D eigenvalue weighted by molar-refractivity contribution is 5.93. The van der Waals surface area contributed by atoms with Crippen molar-refractivity contribution in [1.82, 2.24) is 10.3 Å². The quantitative estimate of drug-likeness (QED) is 0.886. The van der Waals surface area contributed by atoms with Gasteiger partial charge in [0.1, 0.15) is 5.75 Å². The minimum absolute atomic E-state index is 0.117. The lowest BCUT2D eigenvalue weighted by molar-refractivity contribution is 0.0950. The first-order chi connectivity index (χ1) is 10.2. The van der Waals surface area contributed by atoms with Crippen LogP contribution in [0.2, 0.25) is 0 Å². The zero-order valence-corrected chi connectivity index (χ0v) is 12.4. The van der Waals surface area contributed by atoms with Crippen LogP contribution in [-0.4, -0.2) is 17.5 Å². The van der Waals surface area contributed by atoms with Gasteiger partial charge in [0, 0.05) is 18.9 Å². The van der Waals surface area contributed by atoms with E-state index in [1.807, 2.05) is 25.1 Å². The summed E-state index contributed by atoms with van der Waals surface area (Å²) in [6, 6.07) is 9.43. The Kier molecular flexibility index (Phi) is 5.32. The van der Waals surface area contributed by atoms with Crippen LogP contribution in [0.1, 0.15) is 34.8 Å². The molecule has 1 heterocycles. The molecule has 1 aromatic heterocycles. The zero-order valence-electron chi connectivity index (χ0n) is 12.4. The highest BCUT2D eigenvalue weighted by atomic mass is 16.5. The molecule has 0 unspecified atom stereocenters. The number of rotatable bonds is 6. The Hall–Kier alpha value is -2.36. The molecule has 2 rings (SSSR count). The molecule has 0 spiro atoms. The predicted octanol–water partition coefficient (Wildman–Crippen LogP) is 3.11. The van der Waals surface area contributed by atoms with Gasteiger partial charge in [-0.05, 0) is 48.7 Å². The van der Waals surface area contributed by atoms with Crippen molar-refractivity contribution >= 4 is 5.91 Å². The number of nitrogens with zero attached hydrogens (tertiary/aromatic N) is 1. The molecule has 2 aromatic rings. The monoisotopic (exact) mass is 284 g/mol. The third kappa shape index (κ3) is 4.31. The van der Waals surface area contributed by atoms with Crippen molar-refractivity contribution in [3.05, 3.63) is 59.4 Å². The largest absolute Gasteiger partial charge is 0.494 e. The van der Waals surface area contributed by atoms with Crippen LogP contribution < -0.4 is 10.1 Å². The van der Waals surface area contributed by atoms with Crippen molar-refractivity contribution in [3.8, 4) is 5.75 Å². The molecule has 4 heteroatoms. The Bertz CT molecular complexity index is 597. The molecule has 0 radical (unpaired) electrons. The molecule has 0 saturated carbocycles. The number of hydrogen-bond acceptors (Lipinski definition) is 3. The van der Waals surface area contributed by atoms with E-state index in [2.05, 4.69) is 17.2 Å². The molecule has 110 valence electrons. The maximum Gasteiger partial charge on any atom is 0.253 e. The van der Waals surface area contributed by atoms with Gasteiger partial charge in [-0.15, -0.1) is 0 Å². The van der Waals surface area contributed by atoms with Crippen LogP contribution in [0.25, 0.3) is 0 Å². The average molecular weight is 284 g/mol. The van der Waals surface area contributed by atoms with Crippen LogP contribution in [0, 0.1) is 6.92 Å². The van der Waals surface area contributed by atoms with Crippen LogP contribution in [0.3, 0.4) is 0 Å². The first-order valence-electron chi connectivity index (χ1n) is 7.11. The summed E-state index contributed by atoms with van der Waals surface area (Å²) in [4.78, 5) is 15.9. The Morgan fingerprint density at radius 2 is 2.19 bits per heavy atom.